The number of halogens is 2. The fraction of sp³-hybridized carbons (Fsp3) is 0.182. The smallest absolute Gasteiger partial charge is 0.0795 e. The Bertz CT molecular complexity index is 473. The minimum atomic E-state index is 0.208. The fourth-order valence-electron chi connectivity index (χ4n) is 1.35. The number of aromatic nitrogens is 1. The van der Waals surface area contributed by atoms with E-state index in [0.29, 0.717) is 0 Å². The van der Waals surface area contributed by atoms with E-state index in [9.17, 15) is 0 Å². The summed E-state index contributed by atoms with van der Waals surface area (Å²) in [6, 6.07) is 5.97. The van der Waals surface area contributed by atoms with Crippen LogP contribution >= 0.6 is 38.9 Å². The summed E-state index contributed by atoms with van der Waals surface area (Å²) in [6.45, 7) is 2.09. The van der Waals surface area contributed by atoms with E-state index < -0.39 is 0 Å². The number of thiazole rings is 1. The highest BCUT2D eigenvalue weighted by Crippen LogP contribution is 2.29. The third kappa shape index (κ3) is 2.75. The van der Waals surface area contributed by atoms with Gasteiger partial charge in [-0.2, -0.15) is 0 Å². The molecule has 1 heterocycles. The van der Waals surface area contributed by atoms with Gasteiger partial charge in [0, 0.05) is 15.5 Å². The summed E-state index contributed by atoms with van der Waals surface area (Å²) < 4.78 is 1.01. The summed E-state index contributed by atoms with van der Waals surface area (Å²) in [5.41, 5.74) is 2.76. The molecule has 0 amide bonds. The number of nitrogens with one attached hydrogen (secondary N) is 1. The molecule has 0 saturated heterocycles. The molecule has 0 fully saturated rings. The van der Waals surface area contributed by atoms with Crippen LogP contribution in [0.5, 0.6) is 0 Å². The first kappa shape index (κ1) is 11.9. The maximum atomic E-state index is 6.11. The zero-order valence-electron chi connectivity index (χ0n) is 8.58. The second kappa shape index (κ2) is 5.17. The van der Waals surface area contributed by atoms with Crippen molar-refractivity contribution in [1.29, 1.82) is 0 Å². The molecule has 16 heavy (non-hydrogen) atoms. The van der Waals surface area contributed by atoms with Gasteiger partial charge >= 0.3 is 0 Å². The number of benzene rings is 1. The first-order valence-corrected chi connectivity index (χ1v) is 6.82. The lowest BCUT2D eigenvalue weighted by atomic mass is 10.2. The van der Waals surface area contributed by atoms with Gasteiger partial charge in [0.2, 0.25) is 0 Å². The number of rotatable bonds is 3. The first-order chi connectivity index (χ1) is 7.66. The van der Waals surface area contributed by atoms with E-state index in [1.165, 1.54) is 4.88 Å². The Morgan fingerprint density at radius 2 is 2.31 bits per heavy atom. The van der Waals surface area contributed by atoms with Crippen LogP contribution in [0, 0.1) is 0 Å². The molecule has 1 atom stereocenters. The Morgan fingerprint density at radius 1 is 1.50 bits per heavy atom. The van der Waals surface area contributed by atoms with Gasteiger partial charge in [0.1, 0.15) is 0 Å². The van der Waals surface area contributed by atoms with Crippen molar-refractivity contribution >= 4 is 44.6 Å². The minimum absolute atomic E-state index is 0.208. The average Bonchev–Trinajstić information content (AvgIpc) is 2.76. The topological polar surface area (TPSA) is 24.9 Å². The van der Waals surface area contributed by atoms with Gasteiger partial charge in [0.25, 0.3) is 0 Å². The fourth-order valence-corrected chi connectivity index (χ4v) is 2.51. The standard InChI is InChI=1S/C11H10BrClN2S/c1-7(11-5-14-6-16-11)15-10-4-8(12)2-3-9(10)13/h2-7,15H,1H3. The lowest BCUT2D eigenvalue weighted by Crippen LogP contribution is -2.05. The molecule has 0 bridgehead atoms. The van der Waals surface area contributed by atoms with Gasteiger partial charge in [-0.05, 0) is 25.1 Å². The lowest BCUT2D eigenvalue weighted by Gasteiger charge is -2.14. The average molecular weight is 318 g/mol. The lowest BCUT2D eigenvalue weighted by molar-refractivity contribution is 0.903. The van der Waals surface area contributed by atoms with Gasteiger partial charge in [-0.25, -0.2) is 0 Å². The quantitative estimate of drug-likeness (QED) is 0.885. The van der Waals surface area contributed by atoms with Crippen molar-refractivity contribution in [3.63, 3.8) is 0 Å². The van der Waals surface area contributed by atoms with E-state index in [1.54, 1.807) is 11.3 Å². The SMILES string of the molecule is CC(Nc1cc(Br)ccc1Cl)c1cncs1. The molecule has 0 radical (unpaired) electrons. The van der Waals surface area contributed by atoms with Crippen LogP contribution in [-0.4, -0.2) is 4.98 Å². The Balaban J connectivity index is 2.17. The molecule has 1 aromatic heterocycles. The molecule has 1 aromatic carbocycles. The van der Waals surface area contributed by atoms with Crippen LogP contribution in [0.4, 0.5) is 5.69 Å². The Labute approximate surface area is 112 Å². The van der Waals surface area contributed by atoms with Gasteiger partial charge in [0.15, 0.2) is 0 Å². The number of anilines is 1. The normalized spacial score (nSPS) is 12.4. The molecule has 1 unspecified atom stereocenters. The van der Waals surface area contributed by atoms with E-state index in [0.717, 1.165) is 15.2 Å². The monoisotopic (exact) mass is 316 g/mol. The van der Waals surface area contributed by atoms with Gasteiger partial charge in [0.05, 0.1) is 22.3 Å². The largest absolute Gasteiger partial charge is 0.376 e. The highest BCUT2D eigenvalue weighted by atomic mass is 79.9. The molecule has 0 saturated carbocycles. The highest BCUT2D eigenvalue weighted by Gasteiger charge is 2.09. The second-order valence-corrected chi connectivity index (χ2v) is 5.63. The van der Waals surface area contributed by atoms with Gasteiger partial charge in [-0.1, -0.05) is 27.5 Å². The van der Waals surface area contributed by atoms with Gasteiger partial charge < -0.3 is 5.32 Å². The Morgan fingerprint density at radius 3 is 3.00 bits per heavy atom. The van der Waals surface area contributed by atoms with Crippen molar-refractivity contribution in [3.05, 3.63) is 44.3 Å². The van der Waals surface area contributed by atoms with Crippen LogP contribution in [0.15, 0.2) is 34.4 Å². The molecule has 0 aliphatic rings. The van der Waals surface area contributed by atoms with Crippen molar-refractivity contribution in [3.8, 4) is 0 Å². The van der Waals surface area contributed by atoms with Crippen molar-refractivity contribution < 1.29 is 0 Å². The van der Waals surface area contributed by atoms with Gasteiger partial charge in [-0.15, -0.1) is 11.3 Å². The molecular weight excluding hydrogens is 308 g/mol. The third-order valence-electron chi connectivity index (χ3n) is 2.18. The molecule has 1 N–H and O–H groups in total. The van der Waals surface area contributed by atoms with E-state index in [2.05, 4.69) is 33.2 Å². The highest BCUT2D eigenvalue weighted by molar-refractivity contribution is 9.10. The predicted molar refractivity (Wildman–Crippen MR) is 73.3 cm³/mol. The van der Waals surface area contributed by atoms with Crippen LogP contribution in [0.1, 0.15) is 17.8 Å². The van der Waals surface area contributed by atoms with Crippen LogP contribution in [0.25, 0.3) is 0 Å². The molecule has 2 rings (SSSR count). The number of hydrogen-bond acceptors (Lipinski definition) is 3. The van der Waals surface area contributed by atoms with Crippen molar-refractivity contribution in [2.75, 3.05) is 5.32 Å². The van der Waals surface area contributed by atoms with Gasteiger partial charge in [-0.3, -0.25) is 4.98 Å². The van der Waals surface area contributed by atoms with E-state index >= 15 is 0 Å². The molecular formula is C11H10BrClN2S. The number of hydrogen-bond donors (Lipinski definition) is 1. The van der Waals surface area contributed by atoms with Crippen molar-refractivity contribution in [2.45, 2.75) is 13.0 Å². The Kier molecular flexibility index (Phi) is 3.84. The maximum absolute atomic E-state index is 6.11. The van der Waals surface area contributed by atoms with Crippen LogP contribution in [-0.2, 0) is 0 Å². The summed E-state index contributed by atoms with van der Waals surface area (Å²) in [7, 11) is 0. The molecule has 84 valence electrons. The van der Waals surface area contributed by atoms with Crippen molar-refractivity contribution in [2.24, 2.45) is 0 Å². The summed E-state index contributed by atoms with van der Waals surface area (Å²) in [4.78, 5) is 5.25. The molecule has 0 spiro atoms. The van der Waals surface area contributed by atoms with E-state index in [1.807, 2.05) is 29.9 Å². The predicted octanol–water partition coefficient (Wildman–Crippen LogP) is 4.73. The third-order valence-corrected chi connectivity index (χ3v) is 3.96. The van der Waals surface area contributed by atoms with Crippen LogP contribution in [0.3, 0.4) is 0 Å². The first-order valence-electron chi connectivity index (χ1n) is 4.77. The molecule has 2 aromatic rings. The summed E-state index contributed by atoms with van der Waals surface area (Å²) in [5.74, 6) is 0. The van der Waals surface area contributed by atoms with Crippen LogP contribution in [0.2, 0.25) is 5.02 Å². The maximum Gasteiger partial charge on any atom is 0.0795 e. The zero-order chi connectivity index (χ0) is 11.5. The number of nitrogens with zero attached hydrogens (tertiary/aromatic N) is 1. The van der Waals surface area contributed by atoms with Crippen LogP contribution < -0.4 is 5.32 Å². The van der Waals surface area contributed by atoms with E-state index in [-0.39, 0.29) is 6.04 Å². The molecule has 0 aliphatic heterocycles. The summed E-state index contributed by atoms with van der Waals surface area (Å²) in [5, 5.41) is 4.08. The summed E-state index contributed by atoms with van der Waals surface area (Å²) >= 11 is 11.2. The summed E-state index contributed by atoms with van der Waals surface area (Å²) in [6.07, 6.45) is 1.87. The molecule has 2 nitrogen and oxygen atoms in total. The minimum Gasteiger partial charge on any atom is -0.376 e. The zero-order valence-corrected chi connectivity index (χ0v) is 11.7. The van der Waals surface area contributed by atoms with Crippen molar-refractivity contribution in [1.82, 2.24) is 4.98 Å². The Hall–Kier alpha value is -0.580. The molecule has 5 heteroatoms. The van der Waals surface area contributed by atoms with E-state index in [4.69, 9.17) is 11.6 Å². The molecule has 0 aliphatic carbocycles. The second-order valence-electron chi connectivity index (χ2n) is 3.39.